The molecule has 0 fully saturated rings. The average Bonchev–Trinajstić information content (AvgIpc) is 2.25. The van der Waals surface area contributed by atoms with Gasteiger partial charge in [-0.2, -0.15) is 0 Å². The second-order valence-electron chi connectivity index (χ2n) is 2.99. The highest BCUT2D eigenvalue weighted by molar-refractivity contribution is 14.1. The topological polar surface area (TPSA) is 9.23 Å². The number of hydrogen-bond acceptors (Lipinski definition) is 1. The third-order valence-electron chi connectivity index (χ3n) is 1.87. The first kappa shape index (κ1) is 10.4. The van der Waals surface area contributed by atoms with E-state index in [1.807, 2.05) is 52.9 Å². The minimum absolute atomic E-state index is 0.260. The van der Waals surface area contributed by atoms with Crippen molar-refractivity contribution < 1.29 is 9.13 Å². The molecular weight excluding hydrogens is 306 g/mol. The second kappa shape index (κ2) is 4.61. The zero-order valence-corrected chi connectivity index (χ0v) is 9.94. The maximum atomic E-state index is 13.2. The van der Waals surface area contributed by atoms with Crippen LogP contribution in [0.2, 0.25) is 0 Å². The molecule has 0 bridgehead atoms. The van der Waals surface area contributed by atoms with Crippen LogP contribution in [0.15, 0.2) is 48.5 Å². The van der Waals surface area contributed by atoms with Gasteiger partial charge in [0.05, 0.1) is 0 Å². The minimum Gasteiger partial charge on any atom is -0.457 e. The summed E-state index contributed by atoms with van der Waals surface area (Å²) in [6.45, 7) is 0. The van der Waals surface area contributed by atoms with E-state index in [0.717, 1.165) is 0 Å². The van der Waals surface area contributed by atoms with Gasteiger partial charge in [-0.1, -0.05) is 18.2 Å². The van der Waals surface area contributed by atoms with Gasteiger partial charge in [-0.25, -0.2) is 4.39 Å². The Hall–Kier alpha value is -1.10. The lowest BCUT2D eigenvalue weighted by atomic mass is 10.3. The molecule has 0 unspecified atom stereocenters. The molecule has 76 valence electrons. The van der Waals surface area contributed by atoms with Crippen LogP contribution in [0.4, 0.5) is 4.39 Å². The molecule has 3 heteroatoms. The zero-order chi connectivity index (χ0) is 10.7. The van der Waals surface area contributed by atoms with Gasteiger partial charge in [0.1, 0.15) is 17.3 Å². The molecule has 0 aliphatic carbocycles. The quantitative estimate of drug-likeness (QED) is 0.754. The Balaban J connectivity index is 2.22. The summed E-state index contributed by atoms with van der Waals surface area (Å²) in [5.41, 5.74) is 0. The fourth-order valence-electron chi connectivity index (χ4n) is 1.16. The Morgan fingerprint density at radius 3 is 2.33 bits per heavy atom. The van der Waals surface area contributed by atoms with Crippen molar-refractivity contribution in [2.24, 2.45) is 0 Å². The molecule has 0 saturated carbocycles. The number of para-hydroxylation sites is 1. The zero-order valence-electron chi connectivity index (χ0n) is 7.78. The summed E-state index contributed by atoms with van der Waals surface area (Å²) in [6.07, 6.45) is 0. The van der Waals surface area contributed by atoms with Gasteiger partial charge >= 0.3 is 0 Å². The Labute approximate surface area is 101 Å². The Morgan fingerprint density at radius 2 is 1.67 bits per heavy atom. The van der Waals surface area contributed by atoms with E-state index in [9.17, 15) is 4.39 Å². The monoisotopic (exact) mass is 314 g/mol. The van der Waals surface area contributed by atoms with Crippen LogP contribution >= 0.6 is 22.6 Å². The van der Waals surface area contributed by atoms with Gasteiger partial charge < -0.3 is 4.74 Å². The van der Waals surface area contributed by atoms with Crippen LogP contribution in [-0.4, -0.2) is 0 Å². The highest BCUT2D eigenvalue weighted by Crippen LogP contribution is 2.23. The molecule has 0 saturated heterocycles. The van der Waals surface area contributed by atoms with E-state index in [1.54, 1.807) is 12.1 Å². The van der Waals surface area contributed by atoms with Gasteiger partial charge in [0.2, 0.25) is 0 Å². The summed E-state index contributed by atoms with van der Waals surface area (Å²) < 4.78 is 19.3. The smallest absolute Gasteiger partial charge is 0.140 e. The van der Waals surface area contributed by atoms with Crippen LogP contribution in [0.1, 0.15) is 0 Å². The fourth-order valence-corrected chi connectivity index (χ4v) is 1.50. The molecule has 0 N–H and O–H groups in total. The molecule has 2 aromatic rings. The summed E-state index contributed by atoms with van der Waals surface area (Å²) in [6, 6.07) is 14.1. The molecule has 2 rings (SSSR count). The van der Waals surface area contributed by atoms with Crippen molar-refractivity contribution in [2.75, 3.05) is 0 Å². The summed E-state index contributed by atoms with van der Waals surface area (Å²) >= 11 is 1.94. The molecule has 0 radical (unpaired) electrons. The number of halogens is 2. The van der Waals surface area contributed by atoms with E-state index in [-0.39, 0.29) is 5.82 Å². The molecule has 0 aromatic heterocycles. The predicted molar refractivity (Wildman–Crippen MR) is 65.6 cm³/mol. The first-order chi connectivity index (χ1) is 7.25. The first-order valence-electron chi connectivity index (χ1n) is 4.43. The van der Waals surface area contributed by atoms with Crippen molar-refractivity contribution in [2.45, 2.75) is 0 Å². The third kappa shape index (κ3) is 2.68. The summed E-state index contributed by atoms with van der Waals surface area (Å²) in [5, 5.41) is 0. The van der Waals surface area contributed by atoms with Crippen LogP contribution < -0.4 is 4.74 Å². The largest absolute Gasteiger partial charge is 0.457 e. The minimum atomic E-state index is -0.260. The lowest BCUT2D eigenvalue weighted by Gasteiger charge is -2.05. The predicted octanol–water partition coefficient (Wildman–Crippen LogP) is 4.22. The van der Waals surface area contributed by atoms with Gasteiger partial charge in [0.15, 0.2) is 0 Å². The molecular formula is C12H8FIO. The lowest BCUT2D eigenvalue weighted by molar-refractivity contribution is 0.476. The van der Waals surface area contributed by atoms with Gasteiger partial charge in [-0.05, 0) is 46.9 Å². The van der Waals surface area contributed by atoms with Crippen LogP contribution in [0.3, 0.4) is 0 Å². The van der Waals surface area contributed by atoms with Gasteiger partial charge in [-0.15, -0.1) is 0 Å². The van der Waals surface area contributed by atoms with Gasteiger partial charge in [0.25, 0.3) is 0 Å². The standard InChI is InChI=1S/C12H8FIO/c13-11-8-10(6-7-12(11)14)15-9-4-2-1-3-5-9/h1-8H. The van der Waals surface area contributed by atoms with E-state index in [2.05, 4.69) is 0 Å². The number of ether oxygens (including phenoxy) is 1. The van der Waals surface area contributed by atoms with Crippen molar-refractivity contribution in [1.82, 2.24) is 0 Å². The number of hydrogen-bond donors (Lipinski definition) is 0. The van der Waals surface area contributed by atoms with Crippen molar-refractivity contribution in [3.8, 4) is 11.5 Å². The summed E-state index contributed by atoms with van der Waals surface area (Å²) in [7, 11) is 0. The van der Waals surface area contributed by atoms with Crippen molar-refractivity contribution in [3.05, 3.63) is 57.9 Å². The fraction of sp³-hybridized carbons (Fsp3) is 0. The maximum absolute atomic E-state index is 13.2. The SMILES string of the molecule is Fc1cc(Oc2ccccc2)ccc1I. The first-order valence-corrected chi connectivity index (χ1v) is 5.51. The van der Waals surface area contributed by atoms with E-state index >= 15 is 0 Å². The van der Waals surface area contributed by atoms with Crippen LogP contribution in [0, 0.1) is 9.39 Å². The van der Waals surface area contributed by atoms with Crippen LogP contribution in [-0.2, 0) is 0 Å². The molecule has 0 atom stereocenters. The average molecular weight is 314 g/mol. The van der Waals surface area contributed by atoms with E-state index in [0.29, 0.717) is 15.1 Å². The highest BCUT2D eigenvalue weighted by Gasteiger charge is 2.01. The van der Waals surface area contributed by atoms with Gasteiger partial charge in [-0.3, -0.25) is 0 Å². The maximum Gasteiger partial charge on any atom is 0.140 e. The lowest BCUT2D eigenvalue weighted by Crippen LogP contribution is -1.86. The molecule has 0 heterocycles. The molecule has 2 aromatic carbocycles. The molecule has 0 aliphatic heterocycles. The molecule has 15 heavy (non-hydrogen) atoms. The third-order valence-corrected chi connectivity index (χ3v) is 2.74. The highest BCUT2D eigenvalue weighted by atomic mass is 127. The Bertz CT molecular complexity index is 456. The van der Waals surface area contributed by atoms with E-state index in [1.165, 1.54) is 6.07 Å². The molecule has 0 spiro atoms. The van der Waals surface area contributed by atoms with Gasteiger partial charge in [0, 0.05) is 9.64 Å². The van der Waals surface area contributed by atoms with Crippen molar-refractivity contribution >= 4 is 22.6 Å². The van der Waals surface area contributed by atoms with Crippen molar-refractivity contribution in [3.63, 3.8) is 0 Å². The Morgan fingerprint density at radius 1 is 0.933 bits per heavy atom. The van der Waals surface area contributed by atoms with E-state index in [4.69, 9.17) is 4.74 Å². The molecule has 0 aliphatic rings. The van der Waals surface area contributed by atoms with Crippen LogP contribution in [0.25, 0.3) is 0 Å². The second-order valence-corrected chi connectivity index (χ2v) is 4.15. The summed E-state index contributed by atoms with van der Waals surface area (Å²) in [5.74, 6) is 0.959. The molecule has 1 nitrogen and oxygen atoms in total. The summed E-state index contributed by atoms with van der Waals surface area (Å²) in [4.78, 5) is 0. The van der Waals surface area contributed by atoms with Crippen LogP contribution in [0.5, 0.6) is 11.5 Å². The number of benzene rings is 2. The number of rotatable bonds is 2. The van der Waals surface area contributed by atoms with E-state index < -0.39 is 0 Å². The Kier molecular flexibility index (Phi) is 3.20. The van der Waals surface area contributed by atoms with Crippen molar-refractivity contribution in [1.29, 1.82) is 0 Å². The normalized spacial score (nSPS) is 10.0. The molecule has 0 amide bonds.